The van der Waals surface area contributed by atoms with Crippen molar-refractivity contribution in [2.24, 2.45) is 4.99 Å². The molecule has 0 bridgehead atoms. The van der Waals surface area contributed by atoms with Gasteiger partial charge in [0.1, 0.15) is 5.75 Å². The molecule has 0 atom stereocenters. The molecule has 2 N–H and O–H groups in total. The summed E-state index contributed by atoms with van der Waals surface area (Å²) < 4.78 is 10.7. The minimum absolute atomic E-state index is 0.0758. The molecular formula is C19H24N4O4. The Labute approximate surface area is 158 Å². The molecule has 8 heteroatoms. The zero-order valence-corrected chi connectivity index (χ0v) is 15.5. The lowest BCUT2D eigenvalue weighted by atomic mass is 10.2. The number of hydrogen-bond acceptors (Lipinski definition) is 5. The Morgan fingerprint density at radius 3 is 2.74 bits per heavy atom. The summed E-state index contributed by atoms with van der Waals surface area (Å²) in [5.41, 5.74) is 1.46. The SMILES string of the molecule is CN=C(NCc1ccccc1[N+](=O)[O-])Nc1cccc(OCCCOC)c1. The fourth-order valence-corrected chi connectivity index (χ4v) is 2.39. The van der Waals surface area contributed by atoms with Crippen LogP contribution in [0.25, 0.3) is 0 Å². The van der Waals surface area contributed by atoms with E-state index in [1.54, 1.807) is 32.4 Å². The predicted molar refractivity (Wildman–Crippen MR) is 105 cm³/mol. The van der Waals surface area contributed by atoms with Gasteiger partial charge in [0.2, 0.25) is 0 Å². The monoisotopic (exact) mass is 372 g/mol. The molecule has 0 amide bonds. The van der Waals surface area contributed by atoms with Crippen LogP contribution in [0.1, 0.15) is 12.0 Å². The van der Waals surface area contributed by atoms with Gasteiger partial charge in [-0.05, 0) is 12.1 Å². The number of nitrogens with one attached hydrogen (secondary N) is 2. The van der Waals surface area contributed by atoms with Crippen LogP contribution in [0.5, 0.6) is 5.75 Å². The van der Waals surface area contributed by atoms with Gasteiger partial charge in [0.25, 0.3) is 5.69 Å². The van der Waals surface area contributed by atoms with Gasteiger partial charge < -0.3 is 20.1 Å². The first-order valence-corrected chi connectivity index (χ1v) is 8.56. The van der Waals surface area contributed by atoms with E-state index in [2.05, 4.69) is 15.6 Å². The van der Waals surface area contributed by atoms with Crippen LogP contribution < -0.4 is 15.4 Å². The summed E-state index contributed by atoms with van der Waals surface area (Å²) in [6, 6.07) is 14.1. The van der Waals surface area contributed by atoms with Crippen molar-refractivity contribution in [3.63, 3.8) is 0 Å². The largest absolute Gasteiger partial charge is 0.493 e. The second-order valence-corrected chi connectivity index (χ2v) is 5.66. The van der Waals surface area contributed by atoms with E-state index in [4.69, 9.17) is 9.47 Å². The first-order chi connectivity index (χ1) is 13.1. The van der Waals surface area contributed by atoms with Crippen molar-refractivity contribution in [1.29, 1.82) is 0 Å². The van der Waals surface area contributed by atoms with Crippen molar-refractivity contribution in [3.8, 4) is 5.75 Å². The number of ether oxygens (including phenoxy) is 2. The van der Waals surface area contributed by atoms with Gasteiger partial charge in [-0.15, -0.1) is 0 Å². The van der Waals surface area contributed by atoms with Crippen molar-refractivity contribution < 1.29 is 14.4 Å². The number of guanidine groups is 1. The summed E-state index contributed by atoms with van der Waals surface area (Å²) in [5, 5.41) is 17.3. The van der Waals surface area contributed by atoms with Gasteiger partial charge in [0, 0.05) is 57.1 Å². The van der Waals surface area contributed by atoms with E-state index < -0.39 is 4.92 Å². The van der Waals surface area contributed by atoms with Crippen LogP contribution in [-0.2, 0) is 11.3 Å². The second kappa shape index (κ2) is 10.8. The van der Waals surface area contributed by atoms with E-state index in [0.29, 0.717) is 24.7 Å². The standard InChI is InChI=1S/C19H24N4O4/c1-20-19(21-14-15-7-3-4-10-18(15)23(24)25)22-16-8-5-9-17(13-16)27-12-6-11-26-2/h3-5,7-10,13H,6,11-12,14H2,1-2H3,(H2,20,21,22). The first kappa shape index (κ1) is 20.2. The Bertz CT molecular complexity index is 780. The van der Waals surface area contributed by atoms with Crippen molar-refractivity contribution in [1.82, 2.24) is 5.32 Å². The fourth-order valence-electron chi connectivity index (χ4n) is 2.39. The lowest BCUT2D eigenvalue weighted by Crippen LogP contribution is -2.30. The molecule has 0 unspecified atom stereocenters. The van der Waals surface area contributed by atoms with Crippen molar-refractivity contribution in [2.45, 2.75) is 13.0 Å². The highest BCUT2D eigenvalue weighted by Gasteiger charge is 2.12. The van der Waals surface area contributed by atoms with Gasteiger partial charge in [0.05, 0.1) is 11.5 Å². The zero-order valence-electron chi connectivity index (χ0n) is 15.5. The molecule has 8 nitrogen and oxygen atoms in total. The summed E-state index contributed by atoms with van der Waals surface area (Å²) in [6.45, 7) is 1.51. The van der Waals surface area contributed by atoms with E-state index in [-0.39, 0.29) is 12.2 Å². The van der Waals surface area contributed by atoms with Crippen molar-refractivity contribution >= 4 is 17.3 Å². The molecule has 144 valence electrons. The van der Waals surface area contributed by atoms with Gasteiger partial charge in [-0.1, -0.05) is 24.3 Å². The average molecular weight is 372 g/mol. The Hall–Kier alpha value is -3.13. The van der Waals surface area contributed by atoms with Crippen LogP contribution in [0.4, 0.5) is 11.4 Å². The van der Waals surface area contributed by atoms with E-state index in [1.807, 2.05) is 24.3 Å². The van der Waals surface area contributed by atoms with Crippen LogP contribution in [0.15, 0.2) is 53.5 Å². The first-order valence-electron chi connectivity index (χ1n) is 8.56. The van der Waals surface area contributed by atoms with E-state index in [1.165, 1.54) is 6.07 Å². The summed E-state index contributed by atoms with van der Waals surface area (Å²) in [7, 11) is 3.30. The minimum Gasteiger partial charge on any atom is -0.493 e. The minimum atomic E-state index is -0.391. The molecule has 0 saturated carbocycles. The summed E-state index contributed by atoms with van der Waals surface area (Å²) in [5.74, 6) is 1.25. The van der Waals surface area contributed by atoms with Gasteiger partial charge in [0.15, 0.2) is 5.96 Å². The number of hydrogen-bond donors (Lipinski definition) is 2. The van der Waals surface area contributed by atoms with Crippen LogP contribution >= 0.6 is 0 Å². The molecule has 27 heavy (non-hydrogen) atoms. The number of nitro benzene ring substituents is 1. The molecule has 2 aromatic carbocycles. The maximum Gasteiger partial charge on any atom is 0.274 e. The summed E-state index contributed by atoms with van der Waals surface area (Å²) >= 11 is 0. The Balaban J connectivity index is 1.94. The smallest absolute Gasteiger partial charge is 0.274 e. The third-order valence-electron chi connectivity index (χ3n) is 3.72. The van der Waals surface area contributed by atoms with E-state index >= 15 is 0 Å². The highest BCUT2D eigenvalue weighted by molar-refractivity contribution is 5.93. The Kier molecular flexibility index (Phi) is 8.05. The number of nitrogens with zero attached hydrogens (tertiary/aromatic N) is 2. The maximum atomic E-state index is 11.1. The number of nitro groups is 1. The summed E-state index contributed by atoms with van der Waals surface area (Å²) in [6.07, 6.45) is 0.813. The quantitative estimate of drug-likeness (QED) is 0.231. The lowest BCUT2D eigenvalue weighted by Gasteiger charge is -2.13. The van der Waals surface area contributed by atoms with Crippen molar-refractivity contribution in [3.05, 3.63) is 64.2 Å². The van der Waals surface area contributed by atoms with Gasteiger partial charge >= 0.3 is 0 Å². The molecule has 0 aromatic heterocycles. The number of para-hydroxylation sites is 1. The summed E-state index contributed by atoms with van der Waals surface area (Å²) in [4.78, 5) is 14.9. The molecule has 0 aliphatic carbocycles. The molecule has 0 spiro atoms. The molecular weight excluding hydrogens is 348 g/mol. The third-order valence-corrected chi connectivity index (χ3v) is 3.72. The van der Waals surface area contributed by atoms with Gasteiger partial charge in [-0.2, -0.15) is 0 Å². The molecule has 0 heterocycles. The molecule has 2 aromatic rings. The average Bonchev–Trinajstić information content (AvgIpc) is 2.69. The topological polar surface area (TPSA) is 98.0 Å². The van der Waals surface area contributed by atoms with Crippen molar-refractivity contribution in [2.75, 3.05) is 32.7 Å². The normalized spacial score (nSPS) is 11.1. The number of rotatable bonds is 9. The molecule has 0 radical (unpaired) electrons. The molecule has 0 aliphatic rings. The van der Waals surface area contributed by atoms with Crippen LogP contribution in [-0.4, -0.2) is 38.3 Å². The number of anilines is 1. The van der Waals surface area contributed by atoms with Gasteiger partial charge in [-0.3, -0.25) is 15.1 Å². The molecule has 0 aliphatic heterocycles. The van der Waals surface area contributed by atoms with E-state index in [9.17, 15) is 10.1 Å². The Morgan fingerprint density at radius 1 is 1.19 bits per heavy atom. The van der Waals surface area contributed by atoms with Crippen LogP contribution in [0, 0.1) is 10.1 Å². The number of methoxy groups -OCH3 is 1. The maximum absolute atomic E-state index is 11.1. The predicted octanol–water partition coefficient (Wildman–Crippen LogP) is 3.20. The van der Waals surface area contributed by atoms with E-state index in [0.717, 1.165) is 17.9 Å². The zero-order chi connectivity index (χ0) is 19.5. The Morgan fingerprint density at radius 2 is 2.00 bits per heavy atom. The highest BCUT2D eigenvalue weighted by Crippen LogP contribution is 2.19. The number of aliphatic imine (C=N–C) groups is 1. The fraction of sp³-hybridized carbons (Fsp3) is 0.316. The molecule has 0 fully saturated rings. The third kappa shape index (κ3) is 6.59. The molecule has 0 saturated heterocycles. The van der Waals surface area contributed by atoms with Crippen LogP contribution in [0.2, 0.25) is 0 Å². The van der Waals surface area contributed by atoms with Crippen LogP contribution in [0.3, 0.4) is 0 Å². The highest BCUT2D eigenvalue weighted by atomic mass is 16.6. The second-order valence-electron chi connectivity index (χ2n) is 5.66. The molecule has 2 rings (SSSR count). The number of benzene rings is 2. The van der Waals surface area contributed by atoms with Gasteiger partial charge in [-0.25, -0.2) is 0 Å². The lowest BCUT2D eigenvalue weighted by molar-refractivity contribution is -0.385.